The maximum absolute atomic E-state index is 12.2. The van der Waals surface area contributed by atoms with Gasteiger partial charge in [-0.05, 0) is 44.2 Å². The van der Waals surface area contributed by atoms with Gasteiger partial charge in [0.05, 0.1) is 13.1 Å². The Morgan fingerprint density at radius 3 is 2.36 bits per heavy atom. The molecule has 0 unspecified atom stereocenters. The van der Waals surface area contributed by atoms with Gasteiger partial charge in [-0.25, -0.2) is 0 Å². The summed E-state index contributed by atoms with van der Waals surface area (Å²) >= 11 is 3.38. The molecule has 0 aliphatic carbocycles. The zero-order valence-corrected chi connectivity index (χ0v) is 14.6. The summed E-state index contributed by atoms with van der Waals surface area (Å²) in [4.78, 5) is 13.7. The van der Waals surface area contributed by atoms with Crippen molar-refractivity contribution in [2.75, 3.05) is 18.4 Å². The van der Waals surface area contributed by atoms with Gasteiger partial charge in [-0.2, -0.15) is 0 Å². The molecule has 0 saturated carbocycles. The van der Waals surface area contributed by atoms with E-state index in [1.54, 1.807) is 11.0 Å². The number of carbonyl (C=O) groups is 1. The largest absolute Gasteiger partial charge is 0.332 e. The van der Waals surface area contributed by atoms with Gasteiger partial charge in [0.15, 0.2) is 0 Å². The molecule has 2 rings (SSSR count). The van der Waals surface area contributed by atoms with E-state index in [4.69, 9.17) is 0 Å². The predicted molar refractivity (Wildman–Crippen MR) is 94.3 cm³/mol. The lowest BCUT2D eigenvalue weighted by molar-refractivity contribution is -0.910. The second kappa shape index (κ2) is 8.11. The fourth-order valence-corrected chi connectivity index (χ4v) is 2.73. The molecular formula is C18H22BrN2O+. The fraction of sp³-hybridized carbons (Fsp3) is 0.278. The third-order valence-corrected chi connectivity index (χ3v) is 4.25. The highest BCUT2D eigenvalue weighted by atomic mass is 79.9. The van der Waals surface area contributed by atoms with E-state index in [0.717, 1.165) is 29.8 Å². The topological polar surface area (TPSA) is 33.5 Å². The van der Waals surface area contributed by atoms with E-state index in [9.17, 15) is 4.79 Å². The minimum absolute atomic E-state index is 0.0941. The SMILES string of the molecule is CC[NH+](CC)Cc1ccc(NC(=O)c2cccc(Br)c2)cc1. The van der Waals surface area contributed by atoms with Crippen molar-refractivity contribution < 1.29 is 9.69 Å². The quantitative estimate of drug-likeness (QED) is 0.814. The second-order valence-electron chi connectivity index (χ2n) is 5.30. The Bertz CT molecular complexity index is 621. The van der Waals surface area contributed by atoms with Crippen molar-refractivity contribution in [3.8, 4) is 0 Å². The average molecular weight is 362 g/mol. The second-order valence-corrected chi connectivity index (χ2v) is 6.21. The lowest BCUT2D eigenvalue weighted by atomic mass is 10.1. The lowest BCUT2D eigenvalue weighted by Crippen LogP contribution is -3.10. The number of anilines is 1. The number of amides is 1. The molecule has 2 aromatic carbocycles. The van der Waals surface area contributed by atoms with Gasteiger partial charge in [0.1, 0.15) is 6.54 Å². The van der Waals surface area contributed by atoms with Crippen molar-refractivity contribution in [1.82, 2.24) is 0 Å². The lowest BCUT2D eigenvalue weighted by Gasteiger charge is -2.15. The van der Waals surface area contributed by atoms with Gasteiger partial charge < -0.3 is 10.2 Å². The Morgan fingerprint density at radius 2 is 1.77 bits per heavy atom. The van der Waals surface area contributed by atoms with Gasteiger partial charge in [0.25, 0.3) is 5.91 Å². The molecule has 3 nitrogen and oxygen atoms in total. The summed E-state index contributed by atoms with van der Waals surface area (Å²) in [6.45, 7) is 7.67. The minimum Gasteiger partial charge on any atom is -0.332 e. The molecule has 1 amide bonds. The average Bonchev–Trinajstić information content (AvgIpc) is 2.54. The van der Waals surface area contributed by atoms with Crippen LogP contribution in [0.15, 0.2) is 53.0 Å². The molecule has 0 atom stereocenters. The first-order valence-corrected chi connectivity index (χ1v) is 8.41. The van der Waals surface area contributed by atoms with Gasteiger partial charge in [-0.15, -0.1) is 0 Å². The molecule has 0 heterocycles. The van der Waals surface area contributed by atoms with Crippen molar-refractivity contribution in [3.05, 3.63) is 64.1 Å². The molecule has 0 fully saturated rings. The third-order valence-electron chi connectivity index (χ3n) is 3.75. The molecule has 4 heteroatoms. The van der Waals surface area contributed by atoms with Crippen LogP contribution in [0.4, 0.5) is 5.69 Å². The van der Waals surface area contributed by atoms with Crippen LogP contribution in [0.5, 0.6) is 0 Å². The van der Waals surface area contributed by atoms with Gasteiger partial charge in [0, 0.05) is 21.3 Å². The first-order chi connectivity index (χ1) is 10.6. The highest BCUT2D eigenvalue weighted by molar-refractivity contribution is 9.10. The Hall–Kier alpha value is -1.65. The Balaban J connectivity index is 2.00. The van der Waals surface area contributed by atoms with E-state index in [1.807, 2.05) is 30.3 Å². The summed E-state index contributed by atoms with van der Waals surface area (Å²) < 4.78 is 0.901. The molecule has 0 aliphatic rings. The van der Waals surface area contributed by atoms with Crippen LogP contribution >= 0.6 is 15.9 Å². The number of nitrogens with one attached hydrogen (secondary N) is 2. The smallest absolute Gasteiger partial charge is 0.255 e. The van der Waals surface area contributed by atoms with Crippen LogP contribution in [0.25, 0.3) is 0 Å². The van der Waals surface area contributed by atoms with Gasteiger partial charge in [-0.3, -0.25) is 4.79 Å². The number of carbonyl (C=O) groups excluding carboxylic acids is 1. The van der Waals surface area contributed by atoms with E-state index >= 15 is 0 Å². The van der Waals surface area contributed by atoms with Crippen LogP contribution in [-0.4, -0.2) is 19.0 Å². The van der Waals surface area contributed by atoms with Crippen molar-refractivity contribution in [3.63, 3.8) is 0 Å². The van der Waals surface area contributed by atoms with Crippen molar-refractivity contribution in [2.45, 2.75) is 20.4 Å². The molecule has 0 aliphatic heterocycles. The maximum Gasteiger partial charge on any atom is 0.255 e. The van der Waals surface area contributed by atoms with Crippen molar-refractivity contribution in [2.24, 2.45) is 0 Å². The highest BCUT2D eigenvalue weighted by Crippen LogP contribution is 2.14. The molecule has 2 N–H and O–H groups in total. The molecule has 0 saturated heterocycles. The van der Waals surface area contributed by atoms with E-state index in [1.165, 1.54) is 5.56 Å². The molecule has 0 radical (unpaired) electrons. The summed E-state index contributed by atoms with van der Waals surface area (Å²) in [5.74, 6) is -0.0941. The number of hydrogen-bond donors (Lipinski definition) is 2. The zero-order valence-electron chi connectivity index (χ0n) is 13.0. The maximum atomic E-state index is 12.2. The Labute approximate surface area is 140 Å². The first-order valence-electron chi connectivity index (χ1n) is 7.61. The van der Waals surface area contributed by atoms with Crippen LogP contribution in [0.2, 0.25) is 0 Å². The summed E-state index contributed by atoms with van der Waals surface area (Å²) in [6.07, 6.45) is 0. The van der Waals surface area contributed by atoms with Crippen LogP contribution in [0.3, 0.4) is 0 Å². The van der Waals surface area contributed by atoms with Crippen molar-refractivity contribution in [1.29, 1.82) is 0 Å². The van der Waals surface area contributed by atoms with Crippen LogP contribution in [0.1, 0.15) is 29.8 Å². The molecule has 2 aromatic rings. The Morgan fingerprint density at radius 1 is 1.09 bits per heavy atom. The summed E-state index contributed by atoms with van der Waals surface area (Å²) in [6, 6.07) is 15.5. The normalized spacial score (nSPS) is 10.7. The Kier molecular flexibility index (Phi) is 6.16. The van der Waals surface area contributed by atoms with E-state index in [-0.39, 0.29) is 5.91 Å². The van der Waals surface area contributed by atoms with Gasteiger partial charge in [0.2, 0.25) is 0 Å². The van der Waals surface area contributed by atoms with Crippen molar-refractivity contribution >= 4 is 27.5 Å². The van der Waals surface area contributed by atoms with Crippen LogP contribution in [-0.2, 0) is 6.54 Å². The molecule has 22 heavy (non-hydrogen) atoms. The highest BCUT2D eigenvalue weighted by Gasteiger charge is 2.07. The summed E-state index contributed by atoms with van der Waals surface area (Å²) in [5.41, 5.74) is 2.76. The molecule has 0 aromatic heterocycles. The monoisotopic (exact) mass is 361 g/mol. The fourth-order valence-electron chi connectivity index (χ4n) is 2.33. The van der Waals surface area contributed by atoms with E-state index in [0.29, 0.717) is 5.56 Å². The molecule has 0 bridgehead atoms. The van der Waals surface area contributed by atoms with Gasteiger partial charge in [-0.1, -0.05) is 34.1 Å². The third kappa shape index (κ3) is 4.68. The van der Waals surface area contributed by atoms with E-state index < -0.39 is 0 Å². The molecule has 0 spiro atoms. The summed E-state index contributed by atoms with van der Waals surface area (Å²) in [7, 11) is 0. The van der Waals surface area contributed by atoms with E-state index in [2.05, 4.69) is 47.2 Å². The number of quaternary nitrogens is 1. The zero-order chi connectivity index (χ0) is 15.9. The minimum atomic E-state index is -0.0941. The molecular weight excluding hydrogens is 340 g/mol. The number of rotatable bonds is 6. The standard InChI is InChI=1S/C18H21BrN2O/c1-3-21(4-2)13-14-8-10-17(11-9-14)20-18(22)15-6-5-7-16(19)12-15/h5-12H,3-4,13H2,1-2H3,(H,20,22)/p+1. The number of halogens is 1. The summed E-state index contributed by atoms with van der Waals surface area (Å²) in [5, 5.41) is 2.93. The predicted octanol–water partition coefficient (Wildman–Crippen LogP) is 3.13. The number of benzene rings is 2. The number of hydrogen-bond acceptors (Lipinski definition) is 1. The molecule has 116 valence electrons. The van der Waals surface area contributed by atoms with Gasteiger partial charge >= 0.3 is 0 Å². The first kappa shape index (κ1) is 16.7. The van der Waals surface area contributed by atoms with Crippen LogP contribution < -0.4 is 10.2 Å². The van der Waals surface area contributed by atoms with Crippen LogP contribution in [0, 0.1) is 0 Å².